The van der Waals surface area contributed by atoms with Gasteiger partial charge in [0.05, 0.1) is 11.6 Å². The molecule has 0 aromatic heterocycles. The standard InChI is InChI=1S/C13H16ClFO2S/c1-3-5-12(13(16)17-4-2)18-9-6-7-11(15)10(14)8-9/h6-8,12H,3-5H2,1-2H3. The highest BCUT2D eigenvalue weighted by molar-refractivity contribution is 8.00. The third-order valence-electron chi connectivity index (χ3n) is 2.27. The second-order valence-electron chi connectivity index (χ2n) is 3.72. The summed E-state index contributed by atoms with van der Waals surface area (Å²) in [5.74, 6) is -0.686. The number of hydrogen-bond donors (Lipinski definition) is 0. The average molecular weight is 291 g/mol. The fourth-order valence-electron chi connectivity index (χ4n) is 1.44. The Bertz CT molecular complexity index is 412. The smallest absolute Gasteiger partial charge is 0.319 e. The molecule has 0 amide bonds. The summed E-state index contributed by atoms with van der Waals surface area (Å²) in [6, 6.07) is 4.45. The van der Waals surface area contributed by atoms with Crippen LogP contribution >= 0.6 is 23.4 Å². The molecule has 1 aromatic carbocycles. The van der Waals surface area contributed by atoms with E-state index in [-0.39, 0.29) is 16.2 Å². The van der Waals surface area contributed by atoms with Crippen LogP contribution in [-0.2, 0) is 9.53 Å². The van der Waals surface area contributed by atoms with Crippen molar-refractivity contribution in [2.45, 2.75) is 36.8 Å². The van der Waals surface area contributed by atoms with E-state index in [1.54, 1.807) is 13.0 Å². The Morgan fingerprint density at radius 1 is 1.50 bits per heavy atom. The summed E-state index contributed by atoms with van der Waals surface area (Å²) in [5.41, 5.74) is 0. The first kappa shape index (κ1) is 15.3. The summed E-state index contributed by atoms with van der Waals surface area (Å²) in [5, 5.41) is -0.199. The minimum absolute atomic E-state index is 0.0686. The molecule has 0 radical (unpaired) electrons. The molecule has 0 saturated heterocycles. The quantitative estimate of drug-likeness (QED) is 0.577. The van der Waals surface area contributed by atoms with Gasteiger partial charge in [0.15, 0.2) is 0 Å². The summed E-state index contributed by atoms with van der Waals surface area (Å²) in [6.07, 6.45) is 1.60. The molecule has 0 saturated carbocycles. The maximum Gasteiger partial charge on any atom is 0.319 e. The number of thioether (sulfide) groups is 1. The van der Waals surface area contributed by atoms with Crippen LogP contribution in [0.3, 0.4) is 0 Å². The predicted octanol–water partition coefficient (Wildman–Crippen LogP) is 4.30. The van der Waals surface area contributed by atoms with Crippen molar-refractivity contribution in [2.24, 2.45) is 0 Å². The van der Waals surface area contributed by atoms with Crippen molar-refractivity contribution in [3.05, 3.63) is 29.0 Å². The molecule has 0 spiro atoms. The maximum atomic E-state index is 13.0. The molecule has 1 atom stereocenters. The molecule has 0 heterocycles. The summed E-state index contributed by atoms with van der Waals surface area (Å²) in [4.78, 5) is 12.5. The molecule has 100 valence electrons. The van der Waals surface area contributed by atoms with Crippen molar-refractivity contribution in [1.29, 1.82) is 0 Å². The lowest BCUT2D eigenvalue weighted by molar-refractivity contribution is -0.142. The Hall–Kier alpha value is -0.740. The second kappa shape index (κ2) is 7.64. The van der Waals surface area contributed by atoms with Crippen LogP contribution < -0.4 is 0 Å². The topological polar surface area (TPSA) is 26.3 Å². The van der Waals surface area contributed by atoms with Gasteiger partial charge in [-0.15, -0.1) is 11.8 Å². The van der Waals surface area contributed by atoms with E-state index in [9.17, 15) is 9.18 Å². The van der Waals surface area contributed by atoms with E-state index in [1.807, 2.05) is 6.92 Å². The zero-order valence-corrected chi connectivity index (χ0v) is 12.0. The Kier molecular flexibility index (Phi) is 6.50. The Labute approximate surface area is 116 Å². The molecule has 1 rings (SSSR count). The first-order valence-corrected chi connectivity index (χ1v) is 7.12. The zero-order valence-electron chi connectivity index (χ0n) is 10.4. The molecule has 0 aliphatic rings. The van der Waals surface area contributed by atoms with E-state index in [1.165, 1.54) is 23.9 Å². The fraction of sp³-hybridized carbons (Fsp3) is 0.462. The number of ether oxygens (including phenoxy) is 1. The minimum atomic E-state index is -0.454. The number of halogens is 2. The lowest BCUT2D eigenvalue weighted by Gasteiger charge is -2.14. The van der Waals surface area contributed by atoms with Crippen LogP contribution in [-0.4, -0.2) is 17.8 Å². The van der Waals surface area contributed by atoms with E-state index in [2.05, 4.69) is 0 Å². The van der Waals surface area contributed by atoms with Gasteiger partial charge in [0, 0.05) is 4.90 Å². The first-order chi connectivity index (χ1) is 8.58. The molecule has 1 aromatic rings. The molecule has 0 fully saturated rings. The summed E-state index contributed by atoms with van der Waals surface area (Å²) >= 11 is 7.07. The largest absolute Gasteiger partial charge is 0.465 e. The van der Waals surface area contributed by atoms with Gasteiger partial charge < -0.3 is 4.74 Å². The number of carbonyl (C=O) groups excluding carboxylic acids is 1. The highest BCUT2D eigenvalue weighted by Gasteiger charge is 2.20. The molecule has 5 heteroatoms. The van der Waals surface area contributed by atoms with E-state index < -0.39 is 5.82 Å². The Balaban J connectivity index is 2.76. The maximum absolute atomic E-state index is 13.0. The van der Waals surface area contributed by atoms with Crippen molar-refractivity contribution >= 4 is 29.3 Å². The highest BCUT2D eigenvalue weighted by Crippen LogP contribution is 2.30. The second-order valence-corrected chi connectivity index (χ2v) is 5.41. The van der Waals surface area contributed by atoms with Gasteiger partial charge in [-0.05, 0) is 31.5 Å². The number of esters is 1. The monoisotopic (exact) mass is 290 g/mol. The van der Waals surface area contributed by atoms with Crippen molar-refractivity contribution in [1.82, 2.24) is 0 Å². The summed E-state index contributed by atoms with van der Waals surface area (Å²) in [7, 11) is 0. The molecule has 0 N–H and O–H groups in total. The van der Waals surface area contributed by atoms with E-state index in [4.69, 9.17) is 16.3 Å². The molecule has 0 bridgehead atoms. The van der Waals surface area contributed by atoms with Crippen molar-refractivity contribution in [3.63, 3.8) is 0 Å². The van der Waals surface area contributed by atoms with Crippen LogP contribution in [0.15, 0.2) is 23.1 Å². The van der Waals surface area contributed by atoms with Crippen LogP contribution in [0.2, 0.25) is 5.02 Å². The third kappa shape index (κ3) is 4.50. The number of hydrogen-bond acceptors (Lipinski definition) is 3. The normalized spacial score (nSPS) is 12.2. The molecular formula is C13H16ClFO2S. The van der Waals surface area contributed by atoms with E-state index in [0.717, 1.165) is 17.7 Å². The molecule has 18 heavy (non-hydrogen) atoms. The minimum Gasteiger partial charge on any atom is -0.465 e. The highest BCUT2D eigenvalue weighted by atomic mass is 35.5. The van der Waals surface area contributed by atoms with Crippen LogP contribution in [0.1, 0.15) is 26.7 Å². The van der Waals surface area contributed by atoms with Crippen molar-refractivity contribution in [3.8, 4) is 0 Å². The van der Waals surface area contributed by atoms with Crippen LogP contribution in [0, 0.1) is 5.82 Å². The van der Waals surface area contributed by atoms with Crippen LogP contribution in [0.25, 0.3) is 0 Å². The van der Waals surface area contributed by atoms with Gasteiger partial charge in [-0.2, -0.15) is 0 Å². The van der Waals surface area contributed by atoms with Gasteiger partial charge in [-0.3, -0.25) is 4.79 Å². The number of rotatable bonds is 6. The van der Waals surface area contributed by atoms with Crippen molar-refractivity contribution < 1.29 is 13.9 Å². The lowest BCUT2D eigenvalue weighted by atomic mass is 10.2. The zero-order chi connectivity index (χ0) is 13.5. The van der Waals surface area contributed by atoms with Crippen LogP contribution in [0.5, 0.6) is 0 Å². The molecule has 0 aliphatic heterocycles. The molecule has 2 nitrogen and oxygen atoms in total. The fourth-order valence-corrected chi connectivity index (χ4v) is 2.86. The van der Waals surface area contributed by atoms with Gasteiger partial charge in [-0.25, -0.2) is 4.39 Å². The van der Waals surface area contributed by atoms with Gasteiger partial charge in [0.1, 0.15) is 11.1 Å². The summed E-state index contributed by atoms with van der Waals surface area (Å²) in [6.45, 7) is 4.15. The summed E-state index contributed by atoms with van der Waals surface area (Å²) < 4.78 is 18.0. The van der Waals surface area contributed by atoms with Gasteiger partial charge in [0.2, 0.25) is 0 Å². The van der Waals surface area contributed by atoms with E-state index >= 15 is 0 Å². The lowest BCUT2D eigenvalue weighted by Crippen LogP contribution is -2.20. The SMILES string of the molecule is CCCC(Sc1ccc(F)c(Cl)c1)C(=O)OCC. The third-order valence-corrected chi connectivity index (χ3v) is 3.80. The number of carbonyl (C=O) groups is 1. The average Bonchev–Trinajstić information content (AvgIpc) is 2.33. The van der Waals surface area contributed by atoms with Gasteiger partial charge >= 0.3 is 5.97 Å². The molecule has 0 aliphatic carbocycles. The number of benzene rings is 1. The van der Waals surface area contributed by atoms with Crippen LogP contribution in [0.4, 0.5) is 4.39 Å². The Morgan fingerprint density at radius 2 is 2.22 bits per heavy atom. The molecular weight excluding hydrogens is 275 g/mol. The Morgan fingerprint density at radius 3 is 2.78 bits per heavy atom. The molecule has 1 unspecified atom stereocenters. The first-order valence-electron chi connectivity index (χ1n) is 5.86. The predicted molar refractivity (Wildman–Crippen MR) is 72.6 cm³/mol. The van der Waals surface area contributed by atoms with E-state index in [0.29, 0.717) is 6.61 Å². The van der Waals surface area contributed by atoms with Gasteiger partial charge in [0.25, 0.3) is 0 Å². The van der Waals surface area contributed by atoms with Gasteiger partial charge in [-0.1, -0.05) is 24.9 Å². The van der Waals surface area contributed by atoms with Crippen molar-refractivity contribution in [2.75, 3.05) is 6.61 Å².